The van der Waals surface area contributed by atoms with Crippen molar-refractivity contribution >= 4 is 0 Å². The zero-order chi connectivity index (χ0) is 12.4. The molecule has 1 heterocycles. The van der Waals surface area contributed by atoms with Crippen LogP contribution in [0.3, 0.4) is 0 Å². The standard InChI is InChI=1S/C14H28N2O/c1-11-8-16(9-13(11)15(2)3)10-14(17)12-6-4-5-7-12/h11-14,17H,4-10H2,1-3H3. The lowest BCUT2D eigenvalue weighted by atomic mass is 10.0. The molecule has 0 spiro atoms. The van der Waals surface area contributed by atoms with Crippen molar-refractivity contribution in [3.8, 4) is 0 Å². The molecule has 1 N–H and O–H groups in total. The summed E-state index contributed by atoms with van der Waals surface area (Å²) >= 11 is 0. The molecule has 2 rings (SSSR count). The molecule has 0 bridgehead atoms. The van der Waals surface area contributed by atoms with Crippen LogP contribution in [0.25, 0.3) is 0 Å². The van der Waals surface area contributed by atoms with E-state index >= 15 is 0 Å². The summed E-state index contributed by atoms with van der Waals surface area (Å²) < 4.78 is 0. The normalized spacial score (nSPS) is 33.7. The first-order valence-corrected chi connectivity index (χ1v) is 7.14. The second-order valence-electron chi connectivity index (χ2n) is 6.34. The molecule has 3 nitrogen and oxygen atoms in total. The number of hydrogen-bond donors (Lipinski definition) is 1. The summed E-state index contributed by atoms with van der Waals surface area (Å²) in [5.41, 5.74) is 0. The first-order valence-electron chi connectivity index (χ1n) is 7.14. The highest BCUT2D eigenvalue weighted by molar-refractivity contribution is 4.88. The molecule has 0 aromatic heterocycles. The SMILES string of the molecule is CC1CN(CC(O)C2CCCC2)CC1N(C)C. The molecule has 1 saturated carbocycles. The maximum absolute atomic E-state index is 10.3. The van der Waals surface area contributed by atoms with Gasteiger partial charge in [-0.3, -0.25) is 4.90 Å². The minimum Gasteiger partial charge on any atom is -0.392 e. The van der Waals surface area contributed by atoms with Crippen LogP contribution in [0.4, 0.5) is 0 Å². The van der Waals surface area contributed by atoms with Gasteiger partial charge >= 0.3 is 0 Å². The second-order valence-corrected chi connectivity index (χ2v) is 6.34. The Hall–Kier alpha value is -0.120. The Morgan fingerprint density at radius 1 is 1.24 bits per heavy atom. The van der Waals surface area contributed by atoms with Gasteiger partial charge in [0.15, 0.2) is 0 Å². The number of aliphatic hydroxyl groups is 1. The Balaban J connectivity index is 1.80. The van der Waals surface area contributed by atoms with Crippen LogP contribution in [-0.4, -0.2) is 60.8 Å². The summed E-state index contributed by atoms with van der Waals surface area (Å²) in [6.07, 6.45) is 5.02. The molecule has 100 valence electrons. The van der Waals surface area contributed by atoms with Crippen molar-refractivity contribution in [1.82, 2.24) is 9.80 Å². The van der Waals surface area contributed by atoms with E-state index in [0.717, 1.165) is 25.6 Å². The van der Waals surface area contributed by atoms with Crippen molar-refractivity contribution in [3.63, 3.8) is 0 Å². The molecule has 1 saturated heterocycles. The highest BCUT2D eigenvalue weighted by Crippen LogP contribution is 2.29. The Morgan fingerprint density at radius 2 is 1.88 bits per heavy atom. The number of likely N-dealkylation sites (tertiary alicyclic amines) is 1. The molecule has 1 aliphatic heterocycles. The number of hydrogen-bond acceptors (Lipinski definition) is 3. The molecule has 0 aromatic carbocycles. The summed E-state index contributed by atoms with van der Waals surface area (Å²) in [5.74, 6) is 1.30. The van der Waals surface area contributed by atoms with Gasteiger partial charge in [-0.2, -0.15) is 0 Å². The van der Waals surface area contributed by atoms with E-state index in [-0.39, 0.29) is 6.10 Å². The largest absolute Gasteiger partial charge is 0.392 e. The van der Waals surface area contributed by atoms with Crippen molar-refractivity contribution in [3.05, 3.63) is 0 Å². The van der Waals surface area contributed by atoms with Gasteiger partial charge in [0.1, 0.15) is 0 Å². The minimum atomic E-state index is -0.0920. The van der Waals surface area contributed by atoms with Crippen LogP contribution in [0.1, 0.15) is 32.6 Å². The lowest BCUT2D eigenvalue weighted by molar-refractivity contribution is 0.0715. The molecule has 3 atom stereocenters. The van der Waals surface area contributed by atoms with Gasteiger partial charge in [-0.1, -0.05) is 19.8 Å². The first-order chi connectivity index (χ1) is 8.08. The molecule has 0 amide bonds. The number of likely N-dealkylation sites (N-methyl/N-ethyl adjacent to an activating group) is 1. The van der Waals surface area contributed by atoms with Gasteiger partial charge in [-0.05, 0) is 38.8 Å². The van der Waals surface area contributed by atoms with Crippen LogP contribution in [0, 0.1) is 11.8 Å². The maximum atomic E-state index is 10.3. The average Bonchev–Trinajstić information content (AvgIpc) is 2.86. The molecule has 1 aliphatic carbocycles. The van der Waals surface area contributed by atoms with E-state index in [1.807, 2.05) is 0 Å². The van der Waals surface area contributed by atoms with Gasteiger partial charge in [0.05, 0.1) is 6.10 Å². The van der Waals surface area contributed by atoms with E-state index in [1.165, 1.54) is 25.7 Å². The average molecular weight is 240 g/mol. The summed E-state index contributed by atoms with van der Waals surface area (Å²) in [6, 6.07) is 0.658. The molecule has 2 aliphatic rings. The van der Waals surface area contributed by atoms with Crippen molar-refractivity contribution < 1.29 is 5.11 Å². The first kappa shape index (κ1) is 13.3. The summed E-state index contributed by atoms with van der Waals surface area (Å²) in [4.78, 5) is 4.78. The zero-order valence-electron chi connectivity index (χ0n) is 11.6. The van der Waals surface area contributed by atoms with Crippen LogP contribution in [-0.2, 0) is 0 Å². The lowest BCUT2D eigenvalue weighted by Crippen LogP contribution is -2.37. The fourth-order valence-electron chi connectivity index (χ4n) is 3.63. The van der Waals surface area contributed by atoms with Crippen LogP contribution >= 0.6 is 0 Å². The third-order valence-electron chi connectivity index (χ3n) is 4.70. The lowest BCUT2D eigenvalue weighted by Gasteiger charge is -2.25. The maximum Gasteiger partial charge on any atom is 0.0695 e. The number of aliphatic hydroxyl groups excluding tert-OH is 1. The topological polar surface area (TPSA) is 26.7 Å². The molecule has 0 radical (unpaired) electrons. The van der Waals surface area contributed by atoms with Gasteiger partial charge in [0, 0.05) is 25.7 Å². The smallest absolute Gasteiger partial charge is 0.0695 e. The van der Waals surface area contributed by atoms with E-state index in [4.69, 9.17) is 0 Å². The highest BCUT2D eigenvalue weighted by atomic mass is 16.3. The predicted molar refractivity (Wildman–Crippen MR) is 71.0 cm³/mol. The van der Waals surface area contributed by atoms with Crippen LogP contribution in [0.15, 0.2) is 0 Å². The Morgan fingerprint density at radius 3 is 2.41 bits per heavy atom. The van der Waals surface area contributed by atoms with E-state index < -0.39 is 0 Å². The Kier molecular flexibility index (Phi) is 4.45. The summed E-state index contributed by atoms with van der Waals surface area (Å²) in [5, 5.41) is 10.3. The van der Waals surface area contributed by atoms with Gasteiger partial charge in [0.2, 0.25) is 0 Å². The third-order valence-corrected chi connectivity index (χ3v) is 4.70. The Bertz CT molecular complexity index is 238. The van der Waals surface area contributed by atoms with Crippen molar-refractivity contribution in [2.45, 2.75) is 44.8 Å². The summed E-state index contributed by atoms with van der Waals surface area (Å²) in [7, 11) is 4.33. The molecule has 3 unspecified atom stereocenters. The van der Waals surface area contributed by atoms with Gasteiger partial charge in [-0.15, -0.1) is 0 Å². The summed E-state index contributed by atoms with van der Waals surface area (Å²) in [6.45, 7) is 5.48. The number of β-amino-alcohol motifs (C(OH)–C–C–N with tert-alkyl or cyclic N) is 1. The van der Waals surface area contributed by atoms with Crippen LogP contribution in [0.5, 0.6) is 0 Å². The van der Waals surface area contributed by atoms with Gasteiger partial charge < -0.3 is 10.0 Å². The van der Waals surface area contributed by atoms with Crippen molar-refractivity contribution in [2.75, 3.05) is 33.7 Å². The molecular weight excluding hydrogens is 212 g/mol. The quantitative estimate of drug-likeness (QED) is 0.805. The fourth-order valence-corrected chi connectivity index (χ4v) is 3.63. The molecule has 3 heteroatoms. The number of rotatable bonds is 4. The van der Waals surface area contributed by atoms with E-state index in [2.05, 4.69) is 30.8 Å². The molecule has 17 heavy (non-hydrogen) atoms. The fraction of sp³-hybridized carbons (Fsp3) is 1.00. The highest BCUT2D eigenvalue weighted by Gasteiger charge is 2.33. The second kappa shape index (κ2) is 5.68. The minimum absolute atomic E-state index is 0.0920. The predicted octanol–water partition coefficient (Wildman–Crippen LogP) is 1.42. The van der Waals surface area contributed by atoms with Crippen LogP contribution < -0.4 is 0 Å². The van der Waals surface area contributed by atoms with E-state index in [1.54, 1.807) is 0 Å². The molecular formula is C14H28N2O. The molecule has 2 fully saturated rings. The number of nitrogens with zero attached hydrogens (tertiary/aromatic N) is 2. The monoisotopic (exact) mass is 240 g/mol. The van der Waals surface area contributed by atoms with Crippen molar-refractivity contribution in [2.24, 2.45) is 11.8 Å². The van der Waals surface area contributed by atoms with E-state index in [0.29, 0.717) is 12.0 Å². The Labute approximate surface area is 106 Å². The van der Waals surface area contributed by atoms with Crippen LogP contribution in [0.2, 0.25) is 0 Å². The third kappa shape index (κ3) is 3.21. The zero-order valence-corrected chi connectivity index (χ0v) is 11.6. The molecule has 0 aromatic rings. The van der Waals surface area contributed by atoms with Gasteiger partial charge in [0.25, 0.3) is 0 Å². The van der Waals surface area contributed by atoms with E-state index in [9.17, 15) is 5.11 Å². The van der Waals surface area contributed by atoms with Crippen molar-refractivity contribution in [1.29, 1.82) is 0 Å². The van der Waals surface area contributed by atoms with Gasteiger partial charge in [-0.25, -0.2) is 0 Å².